The molecule has 5 nitrogen and oxygen atoms in total. The number of hydrogen-bond acceptors (Lipinski definition) is 5. The van der Waals surface area contributed by atoms with E-state index in [9.17, 15) is 18.8 Å². The lowest BCUT2D eigenvalue weighted by Crippen LogP contribution is -2.49. The SMILES string of the molecule is CCOc1ccccc1[C@H]1[C@H](C(=O)C(C)(C)C)N2c3ccc(F)cc3C=C[C@H]2C12C(=O)c1ccccc1C2=O. The highest BCUT2D eigenvalue weighted by Gasteiger charge is 2.72. The molecule has 1 aliphatic carbocycles. The summed E-state index contributed by atoms with van der Waals surface area (Å²) in [7, 11) is 0. The average molecular weight is 524 g/mol. The van der Waals surface area contributed by atoms with Crippen LogP contribution < -0.4 is 9.64 Å². The maximum Gasteiger partial charge on any atom is 0.180 e. The predicted molar refractivity (Wildman–Crippen MR) is 148 cm³/mol. The predicted octanol–water partition coefficient (Wildman–Crippen LogP) is 6.27. The molecule has 6 heteroatoms. The number of Topliss-reactive ketones (excluding diaryl/α,β-unsaturated/α-hetero) is 3. The molecule has 0 unspecified atom stereocenters. The molecule has 2 aliphatic heterocycles. The van der Waals surface area contributed by atoms with Crippen molar-refractivity contribution in [1.29, 1.82) is 0 Å². The summed E-state index contributed by atoms with van der Waals surface area (Å²) < 4.78 is 20.3. The van der Waals surface area contributed by atoms with E-state index in [2.05, 4.69) is 0 Å². The number of para-hydroxylation sites is 1. The summed E-state index contributed by atoms with van der Waals surface area (Å²) in [6.07, 6.45) is 3.57. The van der Waals surface area contributed by atoms with Gasteiger partial charge in [-0.15, -0.1) is 0 Å². The van der Waals surface area contributed by atoms with Crippen molar-refractivity contribution in [2.45, 2.75) is 45.7 Å². The number of nitrogens with zero attached hydrogens (tertiary/aromatic N) is 1. The molecule has 0 bridgehead atoms. The van der Waals surface area contributed by atoms with Gasteiger partial charge in [-0.05, 0) is 31.2 Å². The van der Waals surface area contributed by atoms with Gasteiger partial charge in [0, 0.05) is 39.3 Å². The number of hydrogen-bond donors (Lipinski definition) is 0. The number of benzene rings is 3. The van der Waals surface area contributed by atoms with Crippen LogP contribution in [-0.2, 0) is 4.79 Å². The van der Waals surface area contributed by atoms with Gasteiger partial charge in [0.1, 0.15) is 17.0 Å². The van der Waals surface area contributed by atoms with Gasteiger partial charge in [-0.1, -0.05) is 75.4 Å². The Hall–Kier alpha value is -4.06. The first-order valence-electron chi connectivity index (χ1n) is 13.3. The Morgan fingerprint density at radius 1 is 0.974 bits per heavy atom. The van der Waals surface area contributed by atoms with Crippen LogP contribution in [0.25, 0.3) is 6.08 Å². The molecule has 0 radical (unpaired) electrons. The van der Waals surface area contributed by atoms with Gasteiger partial charge in [0.25, 0.3) is 0 Å². The Labute approximate surface area is 227 Å². The zero-order valence-corrected chi connectivity index (χ0v) is 22.4. The highest BCUT2D eigenvalue weighted by atomic mass is 19.1. The molecule has 1 fully saturated rings. The van der Waals surface area contributed by atoms with Crippen LogP contribution in [-0.4, -0.2) is 36.0 Å². The lowest BCUT2D eigenvalue weighted by Gasteiger charge is -2.38. The monoisotopic (exact) mass is 523 g/mol. The van der Waals surface area contributed by atoms with E-state index in [4.69, 9.17) is 4.74 Å². The van der Waals surface area contributed by atoms with E-state index in [1.165, 1.54) is 12.1 Å². The normalized spacial score (nSPS) is 22.6. The van der Waals surface area contributed by atoms with Crippen LogP contribution in [0.3, 0.4) is 0 Å². The lowest BCUT2D eigenvalue weighted by molar-refractivity contribution is -0.127. The molecule has 3 atom stereocenters. The summed E-state index contributed by atoms with van der Waals surface area (Å²) in [5.41, 5.74) is 0.194. The zero-order chi connectivity index (χ0) is 27.7. The Morgan fingerprint density at radius 2 is 1.62 bits per heavy atom. The molecule has 39 heavy (non-hydrogen) atoms. The van der Waals surface area contributed by atoms with E-state index in [-0.39, 0.29) is 17.3 Å². The van der Waals surface area contributed by atoms with E-state index in [0.717, 1.165) is 0 Å². The molecule has 0 saturated carbocycles. The topological polar surface area (TPSA) is 63.7 Å². The number of carbonyl (C=O) groups excluding carboxylic acids is 3. The molecule has 0 aromatic heterocycles. The first-order chi connectivity index (χ1) is 18.6. The maximum absolute atomic E-state index is 14.6. The smallest absolute Gasteiger partial charge is 0.180 e. The largest absolute Gasteiger partial charge is 0.494 e. The van der Waals surface area contributed by atoms with Crippen LogP contribution in [0.15, 0.2) is 72.8 Å². The summed E-state index contributed by atoms with van der Waals surface area (Å²) in [5.74, 6) is -1.41. The highest BCUT2D eigenvalue weighted by molar-refractivity contribution is 6.32. The van der Waals surface area contributed by atoms with Crippen LogP contribution in [0.5, 0.6) is 5.75 Å². The molecule has 1 spiro atoms. The zero-order valence-electron chi connectivity index (χ0n) is 22.4. The molecular formula is C33H30FNO4. The fourth-order valence-corrected chi connectivity index (χ4v) is 6.76. The molecule has 2 heterocycles. The second-order valence-corrected chi connectivity index (χ2v) is 11.5. The van der Waals surface area contributed by atoms with E-state index in [1.54, 1.807) is 42.5 Å². The summed E-state index contributed by atoms with van der Waals surface area (Å²) in [5, 5.41) is 0. The summed E-state index contributed by atoms with van der Waals surface area (Å²) >= 11 is 0. The van der Waals surface area contributed by atoms with Crippen molar-refractivity contribution in [3.05, 3.63) is 101 Å². The molecule has 198 valence electrons. The van der Waals surface area contributed by atoms with Gasteiger partial charge < -0.3 is 9.64 Å². The fourth-order valence-electron chi connectivity index (χ4n) is 6.76. The van der Waals surface area contributed by atoms with Crippen LogP contribution in [0.1, 0.15) is 65.5 Å². The number of ketones is 3. The Balaban J connectivity index is 1.72. The second-order valence-electron chi connectivity index (χ2n) is 11.5. The van der Waals surface area contributed by atoms with Crippen LogP contribution in [0, 0.1) is 16.6 Å². The van der Waals surface area contributed by atoms with Gasteiger partial charge in [-0.25, -0.2) is 4.39 Å². The van der Waals surface area contributed by atoms with Crippen molar-refractivity contribution in [1.82, 2.24) is 0 Å². The third-order valence-electron chi connectivity index (χ3n) is 8.33. The Bertz CT molecular complexity index is 1530. The summed E-state index contributed by atoms with van der Waals surface area (Å²) in [6, 6.07) is 17.0. The van der Waals surface area contributed by atoms with Crippen molar-refractivity contribution in [3.63, 3.8) is 0 Å². The number of carbonyl (C=O) groups is 3. The minimum Gasteiger partial charge on any atom is -0.494 e. The molecule has 3 aromatic carbocycles. The van der Waals surface area contributed by atoms with Gasteiger partial charge in [0.2, 0.25) is 0 Å². The second kappa shape index (κ2) is 8.73. The number of anilines is 1. The van der Waals surface area contributed by atoms with Gasteiger partial charge in [0.15, 0.2) is 17.3 Å². The number of halogens is 1. The summed E-state index contributed by atoms with van der Waals surface area (Å²) in [6.45, 7) is 7.79. The number of fused-ring (bicyclic) bond motifs is 5. The van der Waals surface area contributed by atoms with Gasteiger partial charge in [0.05, 0.1) is 18.7 Å². The van der Waals surface area contributed by atoms with Crippen LogP contribution >= 0.6 is 0 Å². The molecular weight excluding hydrogens is 493 g/mol. The standard InChI is InChI=1S/C33H30FNO4/c1-5-39-25-13-9-8-12-23(25)27-28(31(38)32(2,3)4)35-24-16-15-20(34)18-19(24)14-17-26(35)33(27)29(36)21-10-6-7-11-22(21)30(33)37/h6-18,26-28H,5H2,1-4H3/t26-,27-,28+/m0/s1. The molecule has 1 saturated heterocycles. The minimum atomic E-state index is -1.61. The first-order valence-corrected chi connectivity index (χ1v) is 13.3. The van der Waals surface area contributed by atoms with Crippen molar-refractivity contribution >= 4 is 29.1 Å². The lowest BCUT2D eigenvalue weighted by atomic mass is 9.63. The van der Waals surface area contributed by atoms with E-state index >= 15 is 0 Å². The number of rotatable bonds is 4. The Morgan fingerprint density at radius 3 is 2.26 bits per heavy atom. The van der Waals surface area contributed by atoms with Gasteiger partial charge >= 0.3 is 0 Å². The Kier molecular flexibility index (Phi) is 5.65. The third-order valence-corrected chi connectivity index (χ3v) is 8.33. The maximum atomic E-state index is 14.6. The van der Waals surface area contributed by atoms with Crippen LogP contribution in [0.2, 0.25) is 0 Å². The van der Waals surface area contributed by atoms with Gasteiger partial charge in [-0.2, -0.15) is 0 Å². The minimum absolute atomic E-state index is 0.109. The average Bonchev–Trinajstić information content (AvgIpc) is 3.34. The molecule has 6 rings (SSSR count). The van der Waals surface area contributed by atoms with Crippen molar-refractivity contribution in [2.24, 2.45) is 10.8 Å². The van der Waals surface area contributed by atoms with Crippen molar-refractivity contribution < 1.29 is 23.5 Å². The quantitative estimate of drug-likeness (QED) is 0.377. The molecule has 0 amide bonds. The molecule has 3 aromatic rings. The van der Waals surface area contributed by atoms with Crippen LogP contribution in [0.4, 0.5) is 10.1 Å². The fraction of sp³-hybridized carbons (Fsp3) is 0.303. The first kappa shape index (κ1) is 25.2. The third kappa shape index (κ3) is 3.40. The van der Waals surface area contributed by atoms with E-state index in [1.807, 2.05) is 56.9 Å². The summed E-state index contributed by atoms with van der Waals surface area (Å²) in [4.78, 5) is 45.6. The molecule has 3 aliphatic rings. The van der Waals surface area contributed by atoms with Crippen molar-refractivity contribution in [2.75, 3.05) is 11.5 Å². The highest BCUT2D eigenvalue weighted by Crippen LogP contribution is 2.62. The van der Waals surface area contributed by atoms with E-state index in [0.29, 0.717) is 40.3 Å². The van der Waals surface area contributed by atoms with E-state index < -0.39 is 34.6 Å². The number of ether oxygens (including phenoxy) is 1. The molecule has 0 N–H and O–H groups in total. The van der Waals surface area contributed by atoms with Gasteiger partial charge in [-0.3, -0.25) is 14.4 Å². The van der Waals surface area contributed by atoms with Crippen molar-refractivity contribution in [3.8, 4) is 5.75 Å².